The molecule has 1 N–H and O–H groups in total. The third kappa shape index (κ3) is 5.09. The van der Waals surface area contributed by atoms with Crippen molar-refractivity contribution in [3.8, 4) is 0 Å². The summed E-state index contributed by atoms with van der Waals surface area (Å²) in [6.07, 6.45) is -0.554. The van der Waals surface area contributed by atoms with Gasteiger partial charge in [0.15, 0.2) is 0 Å². The van der Waals surface area contributed by atoms with Gasteiger partial charge < -0.3 is 19.7 Å². The molecule has 1 saturated heterocycles. The molecule has 1 heterocycles. The lowest BCUT2D eigenvalue weighted by Gasteiger charge is -2.30. The van der Waals surface area contributed by atoms with Gasteiger partial charge >= 0.3 is 6.09 Å². The number of amides is 1. The highest BCUT2D eigenvalue weighted by Gasteiger charge is 2.20. The summed E-state index contributed by atoms with van der Waals surface area (Å²) in [5, 5.41) is 13.7. The van der Waals surface area contributed by atoms with Crippen LogP contribution in [0.5, 0.6) is 0 Å². The lowest BCUT2D eigenvalue weighted by Crippen LogP contribution is -2.37. The molecular formula is C16H23N3O5. The molecule has 2 rings (SSSR count). The Morgan fingerprint density at radius 3 is 2.62 bits per heavy atom. The SMILES string of the molecule is CC(C)(C)OC(=O)NCc1cc([N+](=O)[O-])ccc1N1CCOCC1. The maximum Gasteiger partial charge on any atom is 0.407 e. The average Bonchev–Trinajstić information content (AvgIpc) is 2.52. The monoisotopic (exact) mass is 337 g/mol. The molecular weight excluding hydrogens is 314 g/mol. The second-order valence-electron chi connectivity index (χ2n) is 6.52. The van der Waals surface area contributed by atoms with Crippen LogP contribution in [0.25, 0.3) is 0 Å². The predicted molar refractivity (Wildman–Crippen MR) is 89.2 cm³/mol. The average molecular weight is 337 g/mol. The van der Waals surface area contributed by atoms with Gasteiger partial charge in [0.2, 0.25) is 0 Å². The largest absolute Gasteiger partial charge is 0.444 e. The van der Waals surface area contributed by atoms with Crippen molar-refractivity contribution >= 4 is 17.5 Å². The van der Waals surface area contributed by atoms with Gasteiger partial charge in [0.05, 0.1) is 18.1 Å². The van der Waals surface area contributed by atoms with Gasteiger partial charge in [-0.05, 0) is 26.8 Å². The van der Waals surface area contributed by atoms with Crippen LogP contribution < -0.4 is 10.2 Å². The van der Waals surface area contributed by atoms with Gasteiger partial charge in [-0.2, -0.15) is 0 Å². The number of morpholine rings is 1. The molecule has 1 aliphatic rings. The second-order valence-corrected chi connectivity index (χ2v) is 6.52. The van der Waals surface area contributed by atoms with Gasteiger partial charge in [-0.25, -0.2) is 4.79 Å². The standard InChI is InChI=1S/C16H23N3O5/c1-16(2,3)24-15(20)17-11-12-10-13(19(21)22)4-5-14(12)18-6-8-23-9-7-18/h4-5,10H,6-9,11H2,1-3H3,(H,17,20). The molecule has 8 nitrogen and oxygen atoms in total. The lowest BCUT2D eigenvalue weighted by atomic mass is 10.1. The van der Waals surface area contributed by atoms with E-state index in [0.717, 1.165) is 5.69 Å². The minimum Gasteiger partial charge on any atom is -0.444 e. The molecule has 0 spiro atoms. The number of nitro benzene ring substituents is 1. The first kappa shape index (κ1) is 18.0. The van der Waals surface area contributed by atoms with Crippen LogP contribution in [-0.4, -0.2) is 42.9 Å². The van der Waals surface area contributed by atoms with E-state index in [1.807, 2.05) is 0 Å². The zero-order chi connectivity index (χ0) is 17.7. The Balaban J connectivity index is 2.16. The highest BCUT2D eigenvalue weighted by atomic mass is 16.6. The van der Waals surface area contributed by atoms with E-state index in [1.54, 1.807) is 26.8 Å². The number of nitrogens with zero attached hydrogens (tertiary/aromatic N) is 2. The highest BCUT2D eigenvalue weighted by molar-refractivity contribution is 5.68. The van der Waals surface area contributed by atoms with Crippen LogP contribution in [0.1, 0.15) is 26.3 Å². The van der Waals surface area contributed by atoms with Crippen LogP contribution in [-0.2, 0) is 16.0 Å². The fourth-order valence-corrected chi connectivity index (χ4v) is 2.42. The Morgan fingerprint density at radius 2 is 2.04 bits per heavy atom. The zero-order valence-corrected chi connectivity index (χ0v) is 14.2. The van der Waals surface area contributed by atoms with Crippen molar-refractivity contribution in [1.29, 1.82) is 0 Å². The summed E-state index contributed by atoms with van der Waals surface area (Å²) in [5.41, 5.74) is 0.935. The molecule has 8 heteroatoms. The van der Waals surface area contributed by atoms with Crippen molar-refractivity contribution in [3.63, 3.8) is 0 Å². The number of nitrogens with one attached hydrogen (secondary N) is 1. The van der Waals surface area contributed by atoms with E-state index in [4.69, 9.17) is 9.47 Å². The van der Waals surface area contributed by atoms with E-state index in [0.29, 0.717) is 31.9 Å². The number of hydrogen-bond acceptors (Lipinski definition) is 6. The molecule has 0 atom stereocenters. The van der Waals surface area contributed by atoms with Crippen molar-refractivity contribution in [2.75, 3.05) is 31.2 Å². The number of ether oxygens (including phenoxy) is 2. The maximum atomic E-state index is 11.8. The molecule has 0 bridgehead atoms. The molecule has 1 aromatic carbocycles. The van der Waals surface area contributed by atoms with Crippen molar-refractivity contribution < 1.29 is 19.2 Å². The van der Waals surface area contributed by atoms with Gasteiger partial charge in [0, 0.05) is 43.0 Å². The molecule has 24 heavy (non-hydrogen) atoms. The summed E-state index contributed by atoms with van der Waals surface area (Å²) in [5.74, 6) is 0. The summed E-state index contributed by atoms with van der Waals surface area (Å²) in [6, 6.07) is 4.68. The number of carbonyl (C=O) groups excluding carboxylic acids is 1. The van der Waals surface area contributed by atoms with Crippen LogP contribution in [0.2, 0.25) is 0 Å². The third-order valence-electron chi connectivity index (χ3n) is 3.45. The summed E-state index contributed by atoms with van der Waals surface area (Å²) < 4.78 is 10.5. The van der Waals surface area contributed by atoms with Gasteiger partial charge in [-0.15, -0.1) is 0 Å². The van der Waals surface area contributed by atoms with Crippen LogP contribution in [0, 0.1) is 10.1 Å². The van der Waals surface area contributed by atoms with Gasteiger partial charge in [0.1, 0.15) is 5.60 Å². The molecule has 1 amide bonds. The zero-order valence-electron chi connectivity index (χ0n) is 14.2. The van der Waals surface area contributed by atoms with E-state index < -0.39 is 16.6 Å². The molecule has 1 aromatic rings. The number of hydrogen-bond donors (Lipinski definition) is 1. The summed E-state index contributed by atoms with van der Waals surface area (Å²) >= 11 is 0. The normalized spacial score (nSPS) is 15.0. The molecule has 1 fully saturated rings. The van der Waals surface area contributed by atoms with Crippen LogP contribution in [0.15, 0.2) is 18.2 Å². The Labute approximate surface area is 140 Å². The summed E-state index contributed by atoms with van der Waals surface area (Å²) in [4.78, 5) is 24.5. The number of rotatable bonds is 4. The Morgan fingerprint density at radius 1 is 1.38 bits per heavy atom. The Hall–Kier alpha value is -2.35. The van der Waals surface area contributed by atoms with Crippen molar-refractivity contribution in [1.82, 2.24) is 5.32 Å². The number of benzene rings is 1. The fraction of sp³-hybridized carbons (Fsp3) is 0.562. The molecule has 0 aliphatic carbocycles. The van der Waals surface area contributed by atoms with Crippen LogP contribution in [0.3, 0.4) is 0 Å². The minimum absolute atomic E-state index is 0.00648. The van der Waals surface area contributed by atoms with E-state index in [-0.39, 0.29) is 12.2 Å². The maximum absolute atomic E-state index is 11.8. The number of carbonyl (C=O) groups is 1. The second kappa shape index (κ2) is 7.48. The lowest BCUT2D eigenvalue weighted by molar-refractivity contribution is -0.384. The highest BCUT2D eigenvalue weighted by Crippen LogP contribution is 2.26. The fourth-order valence-electron chi connectivity index (χ4n) is 2.42. The van der Waals surface area contributed by atoms with Crippen molar-refractivity contribution in [2.45, 2.75) is 32.9 Å². The van der Waals surface area contributed by atoms with Gasteiger partial charge in [-0.3, -0.25) is 10.1 Å². The summed E-state index contributed by atoms with van der Waals surface area (Å²) in [7, 11) is 0. The molecule has 0 saturated carbocycles. The Kier molecular flexibility index (Phi) is 5.61. The molecule has 0 unspecified atom stereocenters. The molecule has 1 aliphatic heterocycles. The summed E-state index contributed by atoms with van der Waals surface area (Å²) in [6.45, 7) is 8.11. The van der Waals surface area contributed by atoms with E-state index in [9.17, 15) is 14.9 Å². The first-order chi connectivity index (χ1) is 11.3. The first-order valence-corrected chi connectivity index (χ1v) is 7.83. The number of nitro groups is 1. The van der Waals surface area contributed by atoms with E-state index >= 15 is 0 Å². The minimum atomic E-state index is -0.597. The topological polar surface area (TPSA) is 93.9 Å². The molecule has 0 radical (unpaired) electrons. The number of anilines is 1. The smallest absolute Gasteiger partial charge is 0.407 e. The molecule has 0 aromatic heterocycles. The number of alkyl carbamates (subject to hydrolysis) is 1. The first-order valence-electron chi connectivity index (χ1n) is 7.83. The Bertz CT molecular complexity index is 606. The number of non-ortho nitro benzene ring substituents is 1. The van der Waals surface area contributed by atoms with Crippen LogP contribution >= 0.6 is 0 Å². The quantitative estimate of drug-likeness (QED) is 0.670. The van der Waals surface area contributed by atoms with Gasteiger partial charge in [0.25, 0.3) is 5.69 Å². The van der Waals surface area contributed by atoms with Gasteiger partial charge in [-0.1, -0.05) is 0 Å². The van der Waals surface area contributed by atoms with E-state index in [2.05, 4.69) is 10.2 Å². The molecule has 132 valence electrons. The van der Waals surface area contributed by atoms with Crippen LogP contribution in [0.4, 0.5) is 16.2 Å². The van der Waals surface area contributed by atoms with Crippen molar-refractivity contribution in [3.05, 3.63) is 33.9 Å². The predicted octanol–water partition coefficient (Wildman–Crippen LogP) is 2.46. The third-order valence-corrected chi connectivity index (χ3v) is 3.45. The van der Waals surface area contributed by atoms with E-state index in [1.165, 1.54) is 12.1 Å². The van der Waals surface area contributed by atoms with Crippen molar-refractivity contribution in [2.24, 2.45) is 0 Å².